The van der Waals surface area contributed by atoms with Gasteiger partial charge in [0.1, 0.15) is 6.54 Å². The summed E-state index contributed by atoms with van der Waals surface area (Å²) in [6.07, 6.45) is 0. The quantitative estimate of drug-likeness (QED) is 0.728. The molecule has 0 unspecified atom stereocenters. The van der Waals surface area contributed by atoms with Gasteiger partial charge in [0.15, 0.2) is 5.58 Å². The maximum absolute atomic E-state index is 12.4. The van der Waals surface area contributed by atoms with Crippen LogP contribution in [-0.2, 0) is 16.1 Å². The Morgan fingerprint density at radius 3 is 2.50 bits per heavy atom. The summed E-state index contributed by atoms with van der Waals surface area (Å²) >= 11 is 0. The van der Waals surface area contributed by atoms with Crippen molar-refractivity contribution in [1.82, 2.24) is 4.57 Å². The highest BCUT2D eigenvalue weighted by molar-refractivity contribution is 5.95. The fraction of sp³-hybridized carbons (Fsp3) is 0.211. The summed E-state index contributed by atoms with van der Waals surface area (Å²) in [5.74, 6) is -1.54. The number of aryl methyl sites for hydroxylation is 2. The van der Waals surface area contributed by atoms with Crippen molar-refractivity contribution in [1.29, 1.82) is 0 Å². The van der Waals surface area contributed by atoms with Gasteiger partial charge in [0.2, 0.25) is 5.91 Å². The van der Waals surface area contributed by atoms with Gasteiger partial charge in [-0.05, 0) is 43.2 Å². The monoisotopic (exact) mass is 354 g/mol. The number of esters is 1. The van der Waals surface area contributed by atoms with E-state index < -0.39 is 11.7 Å². The Hall–Kier alpha value is -3.35. The van der Waals surface area contributed by atoms with E-state index in [2.05, 4.69) is 10.1 Å². The van der Waals surface area contributed by atoms with E-state index in [1.807, 2.05) is 32.0 Å². The van der Waals surface area contributed by atoms with Crippen molar-refractivity contribution in [2.45, 2.75) is 20.4 Å². The van der Waals surface area contributed by atoms with E-state index in [0.29, 0.717) is 5.52 Å². The van der Waals surface area contributed by atoms with Crippen LogP contribution in [0.15, 0.2) is 45.6 Å². The van der Waals surface area contributed by atoms with Gasteiger partial charge in [-0.15, -0.1) is 0 Å². The number of aromatic nitrogens is 1. The second-order valence-corrected chi connectivity index (χ2v) is 5.94. The third-order valence-corrected chi connectivity index (χ3v) is 4.14. The zero-order valence-electron chi connectivity index (χ0n) is 14.7. The topological polar surface area (TPSA) is 90.5 Å². The van der Waals surface area contributed by atoms with Crippen LogP contribution < -0.4 is 11.1 Å². The number of carbonyl (C=O) groups excluding carboxylic acids is 2. The number of methoxy groups -OCH3 is 1. The second kappa shape index (κ2) is 6.87. The Morgan fingerprint density at radius 1 is 1.15 bits per heavy atom. The Balaban J connectivity index is 1.89. The molecule has 0 atom stereocenters. The Kier molecular flexibility index (Phi) is 4.62. The summed E-state index contributed by atoms with van der Waals surface area (Å²) in [5.41, 5.74) is 3.51. The average molecular weight is 354 g/mol. The number of ether oxygens (including phenoxy) is 1. The predicted octanol–water partition coefficient (Wildman–Crippen LogP) is 2.64. The minimum Gasteiger partial charge on any atom is -0.465 e. The molecule has 0 aliphatic carbocycles. The molecule has 1 amide bonds. The molecule has 2 aromatic carbocycles. The Morgan fingerprint density at radius 2 is 1.85 bits per heavy atom. The molecule has 1 heterocycles. The van der Waals surface area contributed by atoms with Crippen LogP contribution in [0, 0.1) is 13.8 Å². The zero-order chi connectivity index (χ0) is 18.8. The van der Waals surface area contributed by atoms with Crippen molar-refractivity contribution >= 4 is 28.7 Å². The molecular formula is C19H18N2O5. The number of carbonyl (C=O) groups is 2. The number of oxazole rings is 1. The molecule has 0 radical (unpaired) electrons. The smallest absolute Gasteiger partial charge is 0.420 e. The number of amides is 1. The standard InChI is InChI=1S/C19H18N2O5/c1-11-5-4-6-12(2)17(11)20-16(22)10-21-14-8-7-13(18(23)25-3)9-15(14)26-19(21)24/h4-9H,10H2,1-3H3,(H,20,22). The van der Waals surface area contributed by atoms with E-state index in [4.69, 9.17) is 4.42 Å². The van der Waals surface area contributed by atoms with E-state index in [9.17, 15) is 14.4 Å². The van der Waals surface area contributed by atoms with E-state index in [1.54, 1.807) is 6.07 Å². The number of benzene rings is 2. The molecule has 7 heteroatoms. The van der Waals surface area contributed by atoms with Crippen LogP contribution in [0.3, 0.4) is 0 Å². The molecule has 3 aromatic rings. The number of para-hydroxylation sites is 1. The molecule has 0 aliphatic heterocycles. The second-order valence-electron chi connectivity index (χ2n) is 5.94. The summed E-state index contributed by atoms with van der Waals surface area (Å²) in [5, 5.41) is 2.83. The molecule has 0 saturated heterocycles. The largest absolute Gasteiger partial charge is 0.465 e. The van der Waals surface area contributed by atoms with E-state index >= 15 is 0 Å². The van der Waals surface area contributed by atoms with Crippen LogP contribution in [0.25, 0.3) is 11.1 Å². The number of hydrogen-bond donors (Lipinski definition) is 1. The van der Waals surface area contributed by atoms with Crippen molar-refractivity contribution in [3.63, 3.8) is 0 Å². The molecule has 3 rings (SSSR count). The van der Waals surface area contributed by atoms with Crippen LogP contribution in [0.5, 0.6) is 0 Å². The van der Waals surface area contributed by atoms with Gasteiger partial charge in [-0.25, -0.2) is 9.59 Å². The molecule has 1 aromatic heterocycles. The molecule has 0 aliphatic rings. The fourth-order valence-electron chi connectivity index (χ4n) is 2.80. The van der Waals surface area contributed by atoms with Crippen molar-refractivity contribution in [3.8, 4) is 0 Å². The molecule has 0 fully saturated rings. The number of nitrogens with one attached hydrogen (secondary N) is 1. The molecule has 0 bridgehead atoms. The van der Waals surface area contributed by atoms with Gasteiger partial charge in [0.05, 0.1) is 18.2 Å². The van der Waals surface area contributed by atoms with Crippen molar-refractivity contribution in [2.75, 3.05) is 12.4 Å². The fourth-order valence-corrected chi connectivity index (χ4v) is 2.80. The van der Waals surface area contributed by atoms with Crippen LogP contribution in [0.2, 0.25) is 0 Å². The Labute approximate surface area is 149 Å². The average Bonchev–Trinajstić information content (AvgIpc) is 2.92. The molecule has 0 spiro atoms. The van der Waals surface area contributed by atoms with E-state index in [0.717, 1.165) is 16.8 Å². The van der Waals surface area contributed by atoms with Gasteiger partial charge in [-0.2, -0.15) is 0 Å². The molecular weight excluding hydrogens is 336 g/mol. The highest BCUT2D eigenvalue weighted by atomic mass is 16.5. The summed E-state index contributed by atoms with van der Waals surface area (Å²) in [6.45, 7) is 3.60. The lowest BCUT2D eigenvalue weighted by Crippen LogP contribution is -2.25. The summed E-state index contributed by atoms with van der Waals surface area (Å²) in [6, 6.07) is 10.2. The third-order valence-electron chi connectivity index (χ3n) is 4.14. The maximum Gasteiger partial charge on any atom is 0.420 e. The SMILES string of the molecule is COC(=O)c1ccc2c(c1)oc(=O)n2CC(=O)Nc1c(C)cccc1C. The van der Waals surface area contributed by atoms with Gasteiger partial charge < -0.3 is 14.5 Å². The summed E-state index contributed by atoms with van der Waals surface area (Å²) in [4.78, 5) is 36.1. The highest BCUT2D eigenvalue weighted by Gasteiger charge is 2.16. The van der Waals surface area contributed by atoms with Crippen molar-refractivity contribution in [3.05, 3.63) is 63.6 Å². The first-order valence-electron chi connectivity index (χ1n) is 7.98. The van der Waals surface area contributed by atoms with Gasteiger partial charge in [0.25, 0.3) is 0 Å². The maximum atomic E-state index is 12.4. The number of rotatable bonds is 4. The van der Waals surface area contributed by atoms with E-state index in [-0.39, 0.29) is 23.6 Å². The van der Waals surface area contributed by atoms with Crippen LogP contribution in [0.4, 0.5) is 5.69 Å². The van der Waals surface area contributed by atoms with Crippen LogP contribution in [0.1, 0.15) is 21.5 Å². The van der Waals surface area contributed by atoms with Gasteiger partial charge >= 0.3 is 11.7 Å². The summed E-state index contributed by atoms with van der Waals surface area (Å²) in [7, 11) is 1.27. The number of fused-ring (bicyclic) bond motifs is 1. The van der Waals surface area contributed by atoms with E-state index in [1.165, 1.54) is 23.8 Å². The van der Waals surface area contributed by atoms with Crippen LogP contribution >= 0.6 is 0 Å². The first-order valence-corrected chi connectivity index (χ1v) is 7.98. The van der Waals surface area contributed by atoms with Gasteiger partial charge in [0, 0.05) is 5.69 Å². The minimum atomic E-state index is -0.668. The van der Waals surface area contributed by atoms with Crippen LogP contribution in [-0.4, -0.2) is 23.6 Å². The summed E-state index contributed by atoms with van der Waals surface area (Å²) < 4.78 is 11.0. The first kappa shape index (κ1) is 17.5. The lowest BCUT2D eigenvalue weighted by atomic mass is 10.1. The van der Waals surface area contributed by atoms with Crippen molar-refractivity contribution < 1.29 is 18.7 Å². The Bertz CT molecular complexity index is 1040. The lowest BCUT2D eigenvalue weighted by molar-refractivity contribution is -0.116. The first-order chi connectivity index (χ1) is 12.4. The van der Waals surface area contributed by atoms with Crippen molar-refractivity contribution in [2.24, 2.45) is 0 Å². The van der Waals surface area contributed by atoms with Gasteiger partial charge in [-0.3, -0.25) is 9.36 Å². The lowest BCUT2D eigenvalue weighted by Gasteiger charge is -2.11. The minimum absolute atomic E-state index is 0.197. The third kappa shape index (κ3) is 3.23. The molecule has 26 heavy (non-hydrogen) atoms. The number of nitrogens with zero attached hydrogens (tertiary/aromatic N) is 1. The zero-order valence-corrected chi connectivity index (χ0v) is 14.7. The number of hydrogen-bond acceptors (Lipinski definition) is 5. The molecule has 7 nitrogen and oxygen atoms in total. The molecule has 1 N–H and O–H groups in total. The highest BCUT2D eigenvalue weighted by Crippen LogP contribution is 2.20. The molecule has 0 saturated carbocycles. The molecule has 134 valence electrons. The normalized spacial score (nSPS) is 10.7. The van der Waals surface area contributed by atoms with Gasteiger partial charge in [-0.1, -0.05) is 18.2 Å². The number of anilines is 1. The predicted molar refractivity (Wildman–Crippen MR) is 96.4 cm³/mol.